The maximum Gasteiger partial charge on any atom is 0.268 e. The smallest absolute Gasteiger partial charge is 0.268 e. The normalized spacial score (nSPS) is 14.3. The molecule has 3 aromatic rings. The first-order valence-electron chi connectivity index (χ1n) is 7.89. The van der Waals surface area contributed by atoms with Crippen molar-refractivity contribution in [1.29, 1.82) is 0 Å². The summed E-state index contributed by atoms with van der Waals surface area (Å²) in [5.74, 6) is 0.107. The molecule has 4 rings (SSSR count). The van der Waals surface area contributed by atoms with Gasteiger partial charge in [-0.2, -0.15) is 5.10 Å². The zero-order valence-electron chi connectivity index (χ0n) is 13.6. The molecule has 0 bridgehead atoms. The highest BCUT2D eigenvalue weighted by molar-refractivity contribution is 7.20. The summed E-state index contributed by atoms with van der Waals surface area (Å²) in [5, 5.41) is 5.50. The summed E-state index contributed by atoms with van der Waals surface area (Å²) in [6.45, 7) is 4.88. The number of hydrogen-bond donors (Lipinski definition) is 0. The highest BCUT2D eigenvalue weighted by Crippen LogP contribution is 2.33. The summed E-state index contributed by atoms with van der Waals surface area (Å²) < 4.78 is 1.86. The molecule has 0 saturated heterocycles. The van der Waals surface area contributed by atoms with E-state index in [4.69, 9.17) is 0 Å². The van der Waals surface area contributed by atoms with E-state index in [1.807, 2.05) is 29.6 Å². The number of carbonyl (C=O) groups is 1. The van der Waals surface area contributed by atoms with Crippen LogP contribution in [0.4, 0.5) is 5.69 Å². The van der Waals surface area contributed by atoms with Crippen molar-refractivity contribution in [3.05, 3.63) is 46.0 Å². The molecule has 0 N–H and O–H groups in total. The van der Waals surface area contributed by atoms with Gasteiger partial charge in [-0.25, -0.2) is 0 Å². The fourth-order valence-electron chi connectivity index (χ4n) is 3.38. The fourth-order valence-corrected chi connectivity index (χ4v) is 4.45. The van der Waals surface area contributed by atoms with Crippen LogP contribution in [-0.2, 0) is 13.5 Å². The standard InChI is InChI=1S/C18H19N3OS/c1-11-6-7-15-13(9-11)5-4-8-21(15)17(22)16-10-14-12(2)19-20(3)18(14)23-16/h6-7,9-10H,4-5,8H2,1-3H3. The zero-order chi connectivity index (χ0) is 16.1. The van der Waals surface area contributed by atoms with Crippen LogP contribution >= 0.6 is 11.3 Å². The molecule has 1 amide bonds. The second kappa shape index (κ2) is 5.20. The molecule has 0 atom stereocenters. The van der Waals surface area contributed by atoms with Crippen molar-refractivity contribution < 1.29 is 4.79 Å². The molecule has 2 aromatic heterocycles. The number of fused-ring (bicyclic) bond motifs is 2. The SMILES string of the molecule is Cc1ccc2c(c1)CCCN2C(=O)c1cc2c(C)nn(C)c2s1. The molecule has 118 valence electrons. The minimum Gasteiger partial charge on any atom is -0.307 e. The molecule has 5 heteroatoms. The zero-order valence-corrected chi connectivity index (χ0v) is 14.4. The van der Waals surface area contributed by atoms with Gasteiger partial charge in [-0.1, -0.05) is 17.7 Å². The van der Waals surface area contributed by atoms with Crippen molar-refractivity contribution in [2.45, 2.75) is 26.7 Å². The van der Waals surface area contributed by atoms with Gasteiger partial charge in [0, 0.05) is 24.7 Å². The molecule has 1 aliphatic rings. The van der Waals surface area contributed by atoms with Crippen molar-refractivity contribution in [2.75, 3.05) is 11.4 Å². The number of aromatic nitrogens is 2. The molecule has 0 radical (unpaired) electrons. The lowest BCUT2D eigenvalue weighted by Gasteiger charge is -2.29. The molecule has 1 aromatic carbocycles. The Kier molecular flexibility index (Phi) is 3.27. The lowest BCUT2D eigenvalue weighted by atomic mass is 9.99. The van der Waals surface area contributed by atoms with Gasteiger partial charge in [0.05, 0.1) is 10.6 Å². The van der Waals surface area contributed by atoms with Gasteiger partial charge in [0.1, 0.15) is 4.83 Å². The van der Waals surface area contributed by atoms with Crippen LogP contribution in [0.1, 0.15) is 32.9 Å². The molecule has 3 heterocycles. The number of nitrogens with zero attached hydrogens (tertiary/aromatic N) is 3. The van der Waals surface area contributed by atoms with E-state index in [9.17, 15) is 4.79 Å². The molecule has 4 nitrogen and oxygen atoms in total. The molecular formula is C18H19N3OS. The Morgan fingerprint density at radius 2 is 2.09 bits per heavy atom. The van der Waals surface area contributed by atoms with Gasteiger partial charge < -0.3 is 4.90 Å². The molecule has 1 aliphatic heterocycles. The predicted molar refractivity (Wildman–Crippen MR) is 94.5 cm³/mol. The van der Waals surface area contributed by atoms with Gasteiger partial charge in [0.15, 0.2) is 0 Å². The van der Waals surface area contributed by atoms with Crippen molar-refractivity contribution in [1.82, 2.24) is 9.78 Å². The van der Waals surface area contributed by atoms with Crippen molar-refractivity contribution in [3.63, 3.8) is 0 Å². The third kappa shape index (κ3) is 2.27. The first-order valence-corrected chi connectivity index (χ1v) is 8.71. The molecule has 0 saturated carbocycles. The van der Waals surface area contributed by atoms with Crippen molar-refractivity contribution in [2.24, 2.45) is 7.05 Å². The Labute approximate surface area is 139 Å². The second-order valence-electron chi connectivity index (χ2n) is 6.23. The third-order valence-electron chi connectivity index (χ3n) is 4.51. The number of benzene rings is 1. The maximum atomic E-state index is 13.0. The molecule has 0 unspecified atom stereocenters. The molecule has 0 aliphatic carbocycles. The highest BCUT2D eigenvalue weighted by Gasteiger charge is 2.25. The Morgan fingerprint density at radius 1 is 1.26 bits per heavy atom. The van der Waals surface area contributed by atoms with E-state index in [0.29, 0.717) is 0 Å². The number of aryl methyl sites for hydroxylation is 4. The predicted octanol–water partition coefficient (Wildman–Crippen LogP) is 3.84. The summed E-state index contributed by atoms with van der Waals surface area (Å²) in [6, 6.07) is 8.37. The Morgan fingerprint density at radius 3 is 2.87 bits per heavy atom. The van der Waals surface area contributed by atoms with Gasteiger partial charge in [-0.3, -0.25) is 9.48 Å². The summed E-state index contributed by atoms with van der Waals surface area (Å²) in [6.07, 6.45) is 2.07. The second-order valence-corrected chi connectivity index (χ2v) is 7.26. The third-order valence-corrected chi connectivity index (χ3v) is 5.70. The molecule has 0 spiro atoms. The number of anilines is 1. The van der Waals surface area contributed by atoms with E-state index in [-0.39, 0.29) is 5.91 Å². The van der Waals surface area contributed by atoms with Crippen molar-refractivity contribution >= 4 is 33.1 Å². The van der Waals surface area contributed by atoms with E-state index >= 15 is 0 Å². The van der Waals surface area contributed by atoms with Gasteiger partial charge in [-0.15, -0.1) is 11.3 Å². The van der Waals surface area contributed by atoms with E-state index in [0.717, 1.165) is 45.9 Å². The lowest BCUT2D eigenvalue weighted by molar-refractivity contribution is 0.0989. The molecule has 0 fully saturated rings. The number of thiophene rings is 1. The maximum absolute atomic E-state index is 13.0. The lowest BCUT2D eigenvalue weighted by Crippen LogP contribution is -2.35. The van der Waals surface area contributed by atoms with Crippen LogP contribution in [0.15, 0.2) is 24.3 Å². The number of carbonyl (C=O) groups excluding carboxylic acids is 1. The van der Waals surface area contributed by atoms with E-state index in [1.165, 1.54) is 22.5 Å². The number of hydrogen-bond acceptors (Lipinski definition) is 3. The first-order chi connectivity index (χ1) is 11.0. The molecule has 23 heavy (non-hydrogen) atoms. The Bertz CT molecular complexity index is 887. The monoisotopic (exact) mass is 325 g/mol. The fraction of sp³-hybridized carbons (Fsp3) is 0.333. The van der Waals surface area contributed by atoms with Crippen molar-refractivity contribution in [3.8, 4) is 0 Å². The summed E-state index contributed by atoms with van der Waals surface area (Å²) >= 11 is 1.53. The summed E-state index contributed by atoms with van der Waals surface area (Å²) in [5.41, 5.74) is 4.58. The number of rotatable bonds is 1. The van der Waals surface area contributed by atoms with Gasteiger partial charge >= 0.3 is 0 Å². The topological polar surface area (TPSA) is 38.1 Å². The van der Waals surface area contributed by atoms with Crippen LogP contribution in [0, 0.1) is 13.8 Å². The Balaban J connectivity index is 1.76. The summed E-state index contributed by atoms with van der Waals surface area (Å²) in [7, 11) is 1.93. The van der Waals surface area contributed by atoms with E-state index < -0.39 is 0 Å². The largest absolute Gasteiger partial charge is 0.307 e. The van der Waals surface area contributed by atoms with Gasteiger partial charge in [0.2, 0.25) is 0 Å². The highest BCUT2D eigenvalue weighted by atomic mass is 32.1. The van der Waals surface area contributed by atoms with Gasteiger partial charge in [-0.05, 0) is 44.4 Å². The van der Waals surface area contributed by atoms with Crippen LogP contribution in [0.3, 0.4) is 0 Å². The summed E-state index contributed by atoms with van der Waals surface area (Å²) in [4.78, 5) is 16.8. The minimum atomic E-state index is 0.107. The van der Waals surface area contributed by atoms with Crippen LogP contribution < -0.4 is 4.90 Å². The van der Waals surface area contributed by atoms with Crippen LogP contribution in [0.2, 0.25) is 0 Å². The first kappa shape index (κ1) is 14.5. The van der Waals surface area contributed by atoms with Gasteiger partial charge in [0.25, 0.3) is 5.91 Å². The number of amides is 1. The van der Waals surface area contributed by atoms with E-state index in [1.54, 1.807) is 0 Å². The molecular weight excluding hydrogens is 306 g/mol. The van der Waals surface area contributed by atoms with Crippen LogP contribution in [-0.4, -0.2) is 22.2 Å². The average molecular weight is 325 g/mol. The average Bonchev–Trinajstić information content (AvgIpc) is 3.08. The Hall–Kier alpha value is -2.14. The quantitative estimate of drug-likeness (QED) is 0.682. The van der Waals surface area contributed by atoms with Crippen LogP contribution in [0.5, 0.6) is 0 Å². The van der Waals surface area contributed by atoms with Crippen LogP contribution in [0.25, 0.3) is 10.2 Å². The van der Waals surface area contributed by atoms with E-state index in [2.05, 4.69) is 30.2 Å². The minimum absolute atomic E-state index is 0.107.